The van der Waals surface area contributed by atoms with E-state index < -0.39 is 28.0 Å². The summed E-state index contributed by atoms with van der Waals surface area (Å²) >= 11 is 5.84. The second-order valence-corrected chi connectivity index (χ2v) is 6.95. The van der Waals surface area contributed by atoms with Crippen LogP contribution in [0.1, 0.15) is 17.3 Å². The van der Waals surface area contributed by atoms with Crippen LogP contribution in [0.5, 0.6) is 0 Å². The van der Waals surface area contributed by atoms with Crippen LogP contribution in [0.25, 0.3) is 0 Å². The highest BCUT2D eigenvalue weighted by atomic mass is 35.5. The maximum atomic E-state index is 12.1. The Morgan fingerprint density at radius 2 is 2.00 bits per heavy atom. The molecule has 1 aromatic carbocycles. The Hall–Kier alpha value is -1.68. The number of esters is 1. The van der Waals surface area contributed by atoms with E-state index in [0.29, 0.717) is 6.61 Å². The second-order valence-electron chi connectivity index (χ2n) is 4.68. The molecular formula is C14H19ClN2O6S. The van der Waals surface area contributed by atoms with Gasteiger partial charge in [0.15, 0.2) is 6.10 Å². The average molecular weight is 379 g/mol. The average Bonchev–Trinajstić information content (AvgIpc) is 2.54. The van der Waals surface area contributed by atoms with Gasteiger partial charge in [0.05, 0.1) is 17.2 Å². The summed E-state index contributed by atoms with van der Waals surface area (Å²) in [5.41, 5.74) is -0.0373. The number of hydrogen-bond acceptors (Lipinski definition) is 6. The Morgan fingerprint density at radius 1 is 1.33 bits per heavy atom. The summed E-state index contributed by atoms with van der Waals surface area (Å²) in [5.74, 6) is -1.33. The Labute approximate surface area is 145 Å². The fourth-order valence-corrected chi connectivity index (χ4v) is 2.90. The van der Waals surface area contributed by atoms with E-state index in [9.17, 15) is 18.0 Å². The third-order valence-electron chi connectivity index (χ3n) is 2.98. The second kappa shape index (κ2) is 8.97. The van der Waals surface area contributed by atoms with Gasteiger partial charge in [-0.2, -0.15) is 0 Å². The number of sulfonamides is 1. The molecule has 1 rings (SSSR count). The number of carbonyl (C=O) groups excluding carboxylic acids is 2. The van der Waals surface area contributed by atoms with Gasteiger partial charge >= 0.3 is 5.97 Å². The van der Waals surface area contributed by atoms with Crippen molar-refractivity contribution in [3.8, 4) is 0 Å². The van der Waals surface area contributed by atoms with E-state index in [4.69, 9.17) is 21.1 Å². The van der Waals surface area contributed by atoms with E-state index in [2.05, 4.69) is 10.0 Å². The van der Waals surface area contributed by atoms with Crippen LogP contribution in [-0.2, 0) is 24.3 Å². The molecule has 0 spiro atoms. The van der Waals surface area contributed by atoms with Gasteiger partial charge in [-0.25, -0.2) is 17.9 Å². The molecule has 134 valence electrons. The maximum absolute atomic E-state index is 12.1. The quantitative estimate of drug-likeness (QED) is 0.505. The smallest absolute Gasteiger partial charge is 0.338 e. The molecule has 0 aliphatic heterocycles. The third kappa shape index (κ3) is 5.45. The predicted molar refractivity (Wildman–Crippen MR) is 87.5 cm³/mol. The molecule has 1 amide bonds. The van der Waals surface area contributed by atoms with Gasteiger partial charge in [0.1, 0.15) is 4.90 Å². The molecular weight excluding hydrogens is 360 g/mol. The first kappa shape index (κ1) is 20.4. The van der Waals surface area contributed by atoms with Gasteiger partial charge in [-0.1, -0.05) is 11.6 Å². The Kier molecular flexibility index (Phi) is 7.61. The minimum Gasteiger partial charge on any atom is -0.449 e. The topological polar surface area (TPSA) is 111 Å². The summed E-state index contributed by atoms with van der Waals surface area (Å²) in [4.78, 5) is 23.6. The first-order valence-corrected chi connectivity index (χ1v) is 8.79. The largest absolute Gasteiger partial charge is 0.449 e. The van der Waals surface area contributed by atoms with Crippen molar-refractivity contribution in [2.45, 2.75) is 17.9 Å². The van der Waals surface area contributed by atoms with Crippen molar-refractivity contribution in [3.63, 3.8) is 0 Å². The zero-order valence-electron chi connectivity index (χ0n) is 13.5. The van der Waals surface area contributed by atoms with Crippen LogP contribution in [0.2, 0.25) is 5.02 Å². The predicted octanol–water partition coefficient (Wildman–Crippen LogP) is 0.556. The normalized spacial score (nSPS) is 12.5. The number of hydrogen-bond donors (Lipinski definition) is 2. The van der Waals surface area contributed by atoms with Crippen molar-refractivity contribution in [3.05, 3.63) is 28.8 Å². The minimum atomic E-state index is -3.83. The summed E-state index contributed by atoms with van der Waals surface area (Å²) in [6.45, 7) is 2.01. The number of carbonyl (C=O) groups is 2. The number of rotatable bonds is 8. The lowest BCUT2D eigenvalue weighted by molar-refractivity contribution is -0.129. The van der Waals surface area contributed by atoms with Crippen LogP contribution in [0.4, 0.5) is 0 Å². The van der Waals surface area contributed by atoms with Gasteiger partial charge in [0, 0.05) is 13.7 Å². The Morgan fingerprint density at radius 3 is 2.58 bits per heavy atom. The number of benzene rings is 1. The monoisotopic (exact) mass is 378 g/mol. The van der Waals surface area contributed by atoms with Crippen LogP contribution in [0.15, 0.2) is 23.1 Å². The number of nitrogens with one attached hydrogen (secondary N) is 2. The molecule has 8 nitrogen and oxygen atoms in total. The van der Waals surface area contributed by atoms with Gasteiger partial charge in [0.25, 0.3) is 5.91 Å². The summed E-state index contributed by atoms with van der Waals surface area (Å²) in [6, 6.07) is 3.67. The molecule has 0 aliphatic carbocycles. The van der Waals surface area contributed by atoms with Gasteiger partial charge in [-0.3, -0.25) is 4.79 Å². The lowest BCUT2D eigenvalue weighted by atomic mass is 10.2. The molecule has 0 aromatic heterocycles. The summed E-state index contributed by atoms with van der Waals surface area (Å²) in [7, 11) is -1.11. The number of ether oxygens (including phenoxy) is 2. The van der Waals surface area contributed by atoms with Crippen LogP contribution in [-0.4, -0.2) is 53.7 Å². The molecule has 0 fully saturated rings. The highest BCUT2D eigenvalue weighted by molar-refractivity contribution is 7.89. The SMILES string of the molecule is CNS(=O)(=O)c1cc(C(=O)O[C@@H](C)C(=O)NCCOC)ccc1Cl. The van der Waals surface area contributed by atoms with Crippen molar-refractivity contribution in [1.82, 2.24) is 10.0 Å². The third-order valence-corrected chi connectivity index (χ3v) is 4.88. The van der Waals surface area contributed by atoms with Crippen molar-refractivity contribution in [2.24, 2.45) is 0 Å². The van der Waals surface area contributed by atoms with E-state index in [1.807, 2.05) is 0 Å². The fourth-order valence-electron chi connectivity index (χ4n) is 1.65. The van der Waals surface area contributed by atoms with Crippen LogP contribution in [0, 0.1) is 0 Å². The van der Waals surface area contributed by atoms with Gasteiger partial charge in [-0.05, 0) is 32.2 Å². The van der Waals surface area contributed by atoms with Crippen molar-refractivity contribution >= 4 is 33.5 Å². The molecule has 0 unspecified atom stereocenters. The molecule has 0 saturated heterocycles. The fraction of sp³-hybridized carbons (Fsp3) is 0.429. The van der Waals surface area contributed by atoms with Crippen molar-refractivity contribution in [2.75, 3.05) is 27.3 Å². The zero-order chi connectivity index (χ0) is 18.3. The van der Waals surface area contributed by atoms with E-state index >= 15 is 0 Å². The van der Waals surface area contributed by atoms with Gasteiger partial charge < -0.3 is 14.8 Å². The highest BCUT2D eigenvalue weighted by Gasteiger charge is 2.22. The summed E-state index contributed by atoms with van der Waals surface area (Å²) in [6.07, 6.45) is -1.05. The molecule has 1 atom stereocenters. The molecule has 2 N–H and O–H groups in total. The van der Waals surface area contributed by atoms with Crippen LogP contribution < -0.4 is 10.0 Å². The van der Waals surface area contributed by atoms with E-state index in [0.717, 1.165) is 6.07 Å². The molecule has 0 radical (unpaired) electrons. The Balaban J connectivity index is 2.85. The minimum absolute atomic E-state index is 0.0359. The van der Waals surface area contributed by atoms with Crippen LogP contribution >= 0.6 is 11.6 Å². The maximum Gasteiger partial charge on any atom is 0.338 e. The molecule has 0 saturated carbocycles. The molecule has 1 aromatic rings. The lowest BCUT2D eigenvalue weighted by Gasteiger charge is -2.14. The van der Waals surface area contributed by atoms with E-state index in [1.54, 1.807) is 0 Å². The van der Waals surface area contributed by atoms with Crippen molar-refractivity contribution in [1.29, 1.82) is 0 Å². The van der Waals surface area contributed by atoms with Crippen LogP contribution in [0.3, 0.4) is 0 Å². The first-order chi connectivity index (χ1) is 11.2. The van der Waals surface area contributed by atoms with E-state index in [-0.39, 0.29) is 22.0 Å². The van der Waals surface area contributed by atoms with Crippen molar-refractivity contribution < 1.29 is 27.5 Å². The summed E-state index contributed by atoms with van der Waals surface area (Å²) in [5, 5.41) is 2.49. The lowest BCUT2D eigenvalue weighted by Crippen LogP contribution is -2.37. The number of halogens is 1. The molecule has 0 bridgehead atoms. The molecule has 24 heavy (non-hydrogen) atoms. The standard InChI is InChI=1S/C14H19ClN2O6S/c1-9(13(18)17-6-7-22-3)23-14(19)10-4-5-11(15)12(8-10)24(20,21)16-2/h4-5,8-9,16H,6-7H2,1-3H3,(H,17,18)/t9-/m0/s1. The molecule has 0 aliphatic rings. The van der Waals surface area contributed by atoms with Gasteiger partial charge in [0.2, 0.25) is 10.0 Å². The Bertz CT molecular complexity index is 707. The zero-order valence-corrected chi connectivity index (χ0v) is 15.0. The number of amides is 1. The summed E-state index contributed by atoms with van der Waals surface area (Å²) < 4.78 is 35.6. The highest BCUT2D eigenvalue weighted by Crippen LogP contribution is 2.23. The van der Waals surface area contributed by atoms with Gasteiger partial charge in [-0.15, -0.1) is 0 Å². The van der Waals surface area contributed by atoms with E-state index in [1.165, 1.54) is 33.2 Å². The first-order valence-electron chi connectivity index (χ1n) is 6.93. The number of methoxy groups -OCH3 is 1. The molecule has 10 heteroatoms. The molecule has 0 heterocycles.